The summed E-state index contributed by atoms with van der Waals surface area (Å²) < 4.78 is 1.11. The van der Waals surface area contributed by atoms with Gasteiger partial charge in [-0.2, -0.15) is 0 Å². The number of phenols is 1. The third-order valence-electron chi connectivity index (χ3n) is 2.49. The van der Waals surface area contributed by atoms with E-state index in [1.807, 2.05) is 27.7 Å². The lowest BCUT2D eigenvalue weighted by Gasteiger charge is -2.12. The Bertz CT molecular complexity index is 224. The Labute approximate surface area is 81.6 Å². The molecule has 0 fully saturated rings. The molecule has 0 aromatic heterocycles. The maximum Gasteiger partial charge on any atom is 0.121 e. The van der Waals surface area contributed by atoms with E-state index in [9.17, 15) is 5.11 Å². The van der Waals surface area contributed by atoms with Crippen molar-refractivity contribution in [2.45, 2.75) is 27.7 Å². The molecule has 0 atom stereocenters. The van der Waals surface area contributed by atoms with Crippen LogP contribution in [0.3, 0.4) is 0 Å². The van der Waals surface area contributed by atoms with Crippen LogP contribution < -0.4 is 0 Å². The first-order valence-electron chi connectivity index (χ1n) is 3.91. The minimum atomic E-state index is 0.424. The molecule has 1 aromatic carbocycles. The summed E-state index contributed by atoms with van der Waals surface area (Å²) in [6.45, 7) is 7.88. The van der Waals surface area contributed by atoms with Gasteiger partial charge in [-0.3, -0.25) is 0 Å². The second kappa shape index (κ2) is 3.09. The van der Waals surface area contributed by atoms with E-state index in [2.05, 4.69) is 15.9 Å². The van der Waals surface area contributed by atoms with Crippen molar-refractivity contribution in [3.05, 3.63) is 26.7 Å². The van der Waals surface area contributed by atoms with Crippen molar-refractivity contribution in [1.82, 2.24) is 0 Å². The van der Waals surface area contributed by atoms with Crippen LogP contribution in [0.4, 0.5) is 0 Å². The van der Waals surface area contributed by atoms with Crippen molar-refractivity contribution in [2.24, 2.45) is 0 Å². The molecule has 0 unspecified atom stereocenters. The van der Waals surface area contributed by atoms with E-state index in [0.717, 1.165) is 26.7 Å². The fraction of sp³-hybridized carbons (Fsp3) is 0.400. The molecule has 1 rings (SSSR count). The monoisotopic (exact) mass is 228 g/mol. The molecule has 12 heavy (non-hydrogen) atoms. The third kappa shape index (κ3) is 1.24. The van der Waals surface area contributed by atoms with Gasteiger partial charge in [0.25, 0.3) is 0 Å². The highest BCUT2D eigenvalue weighted by Crippen LogP contribution is 2.34. The topological polar surface area (TPSA) is 20.2 Å². The molecule has 0 aliphatic rings. The van der Waals surface area contributed by atoms with Crippen molar-refractivity contribution in [3.8, 4) is 5.75 Å². The van der Waals surface area contributed by atoms with Crippen LogP contribution in [0.5, 0.6) is 5.75 Å². The number of hydrogen-bond acceptors (Lipinski definition) is 1. The molecule has 0 radical (unpaired) electrons. The molecule has 0 heterocycles. The first kappa shape index (κ1) is 9.59. The van der Waals surface area contributed by atoms with Crippen molar-refractivity contribution >= 4 is 15.9 Å². The molecule has 0 saturated carbocycles. The molecule has 0 bridgehead atoms. The van der Waals surface area contributed by atoms with E-state index in [1.54, 1.807) is 0 Å². The van der Waals surface area contributed by atoms with E-state index in [0.29, 0.717) is 5.75 Å². The third-order valence-corrected chi connectivity index (χ3v) is 3.68. The maximum atomic E-state index is 9.67. The lowest BCUT2D eigenvalue weighted by atomic mass is 10.0. The minimum absolute atomic E-state index is 0.424. The second-order valence-electron chi connectivity index (χ2n) is 3.16. The first-order valence-corrected chi connectivity index (χ1v) is 4.71. The van der Waals surface area contributed by atoms with Gasteiger partial charge in [0.05, 0.1) is 0 Å². The van der Waals surface area contributed by atoms with Crippen molar-refractivity contribution in [3.63, 3.8) is 0 Å². The number of phenolic OH excluding ortho intramolecular Hbond substituents is 1. The van der Waals surface area contributed by atoms with E-state index in [-0.39, 0.29) is 0 Å². The van der Waals surface area contributed by atoms with Gasteiger partial charge in [-0.15, -0.1) is 0 Å². The van der Waals surface area contributed by atoms with Crippen molar-refractivity contribution < 1.29 is 5.11 Å². The molecule has 66 valence electrons. The summed E-state index contributed by atoms with van der Waals surface area (Å²) in [7, 11) is 0. The quantitative estimate of drug-likeness (QED) is 0.722. The predicted molar refractivity (Wildman–Crippen MR) is 54.8 cm³/mol. The van der Waals surface area contributed by atoms with E-state index in [1.165, 1.54) is 0 Å². The molecule has 0 amide bonds. The zero-order valence-electron chi connectivity index (χ0n) is 7.83. The highest BCUT2D eigenvalue weighted by molar-refractivity contribution is 9.10. The Kier molecular flexibility index (Phi) is 2.47. The fourth-order valence-corrected chi connectivity index (χ4v) is 1.84. The van der Waals surface area contributed by atoms with E-state index in [4.69, 9.17) is 0 Å². The highest BCUT2D eigenvalue weighted by Gasteiger charge is 2.11. The van der Waals surface area contributed by atoms with Crippen LogP contribution >= 0.6 is 15.9 Å². The number of benzene rings is 1. The molecular formula is C10H13BrO. The lowest BCUT2D eigenvalue weighted by molar-refractivity contribution is 0.465. The van der Waals surface area contributed by atoms with Crippen LogP contribution in [0.15, 0.2) is 4.47 Å². The molecular weight excluding hydrogens is 216 g/mol. The number of aromatic hydroxyl groups is 1. The van der Waals surface area contributed by atoms with Gasteiger partial charge >= 0.3 is 0 Å². The van der Waals surface area contributed by atoms with Crippen molar-refractivity contribution in [1.29, 1.82) is 0 Å². The molecule has 1 aromatic rings. The van der Waals surface area contributed by atoms with Crippen LogP contribution in [0.2, 0.25) is 0 Å². The largest absolute Gasteiger partial charge is 0.507 e. The van der Waals surface area contributed by atoms with Gasteiger partial charge in [-0.25, -0.2) is 0 Å². The zero-order valence-corrected chi connectivity index (χ0v) is 9.41. The summed E-state index contributed by atoms with van der Waals surface area (Å²) >= 11 is 3.50. The minimum Gasteiger partial charge on any atom is -0.507 e. The van der Waals surface area contributed by atoms with Crippen LogP contribution in [0.1, 0.15) is 22.3 Å². The molecule has 1 nitrogen and oxygen atoms in total. The summed E-state index contributed by atoms with van der Waals surface area (Å²) in [6, 6.07) is 0. The highest BCUT2D eigenvalue weighted by atomic mass is 79.9. The van der Waals surface area contributed by atoms with Gasteiger partial charge in [0, 0.05) is 4.47 Å². The molecule has 0 aliphatic carbocycles. The van der Waals surface area contributed by atoms with Gasteiger partial charge in [0.15, 0.2) is 0 Å². The van der Waals surface area contributed by atoms with Gasteiger partial charge < -0.3 is 5.11 Å². The molecule has 2 heteroatoms. The van der Waals surface area contributed by atoms with Gasteiger partial charge in [0.1, 0.15) is 5.75 Å². The first-order chi connectivity index (χ1) is 5.46. The van der Waals surface area contributed by atoms with E-state index >= 15 is 0 Å². The van der Waals surface area contributed by atoms with Gasteiger partial charge in [-0.05, 0) is 49.9 Å². The van der Waals surface area contributed by atoms with Crippen LogP contribution in [-0.2, 0) is 0 Å². The second-order valence-corrected chi connectivity index (χ2v) is 3.96. The smallest absolute Gasteiger partial charge is 0.121 e. The standard InChI is InChI=1S/C10H13BrO/c1-5-7(3)10(12)8(4)6(2)9(5)11/h12H,1-4H3. The van der Waals surface area contributed by atoms with E-state index < -0.39 is 0 Å². The Hall–Kier alpha value is -0.500. The average molecular weight is 229 g/mol. The SMILES string of the molecule is Cc1c(C)c(Br)c(C)c(C)c1O. The van der Waals surface area contributed by atoms with Crippen LogP contribution in [0.25, 0.3) is 0 Å². The summed E-state index contributed by atoms with van der Waals surface area (Å²) in [6.07, 6.45) is 0. The Morgan fingerprint density at radius 2 is 1.17 bits per heavy atom. The molecule has 0 spiro atoms. The maximum absolute atomic E-state index is 9.67. The van der Waals surface area contributed by atoms with Gasteiger partial charge in [0.2, 0.25) is 0 Å². The molecule has 1 N–H and O–H groups in total. The zero-order chi connectivity index (χ0) is 9.46. The van der Waals surface area contributed by atoms with Crippen LogP contribution in [0, 0.1) is 27.7 Å². The number of halogens is 1. The Morgan fingerprint density at radius 1 is 0.833 bits per heavy atom. The number of hydrogen-bond donors (Lipinski definition) is 1. The lowest BCUT2D eigenvalue weighted by Crippen LogP contribution is -1.92. The average Bonchev–Trinajstić information content (AvgIpc) is 2.08. The fourth-order valence-electron chi connectivity index (χ4n) is 1.25. The Morgan fingerprint density at radius 3 is 1.50 bits per heavy atom. The van der Waals surface area contributed by atoms with Crippen molar-refractivity contribution in [2.75, 3.05) is 0 Å². The number of rotatable bonds is 0. The molecule has 0 aliphatic heterocycles. The summed E-state index contributed by atoms with van der Waals surface area (Å²) in [5, 5.41) is 9.67. The summed E-state index contributed by atoms with van der Waals surface area (Å²) in [5.74, 6) is 0.424. The summed E-state index contributed by atoms with van der Waals surface area (Å²) in [5.41, 5.74) is 4.17. The van der Waals surface area contributed by atoms with Gasteiger partial charge in [-0.1, -0.05) is 15.9 Å². The molecule has 0 saturated heterocycles. The normalized spacial score (nSPS) is 10.4. The predicted octanol–water partition coefficient (Wildman–Crippen LogP) is 3.39. The summed E-state index contributed by atoms with van der Waals surface area (Å²) in [4.78, 5) is 0. The van der Waals surface area contributed by atoms with Crippen LogP contribution in [-0.4, -0.2) is 5.11 Å². The Balaban J connectivity index is 3.60.